The van der Waals surface area contributed by atoms with Crippen molar-refractivity contribution in [3.05, 3.63) is 87.8 Å². The van der Waals surface area contributed by atoms with Gasteiger partial charge in [-0.05, 0) is 78.9 Å². The number of benzene rings is 3. The van der Waals surface area contributed by atoms with Crippen molar-refractivity contribution in [2.75, 3.05) is 14.2 Å². The normalized spacial score (nSPS) is 17.2. The van der Waals surface area contributed by atoms with Gasteiger partial charge in [-0.25, -0.2) is 4.42 Å². The van der Waals surface area contributed by atoms with E-state index in [1.165, 1.54) is 11.3 Å². The predicted molar refractivity (Wildman–Crippen MR) is 163 cm³/mol. The highest BCUT2D eigenvalue weighted by atomic mass is 35.5. The number of rotatable bonds is 8. The summed E-state index contributed by atoms with van der Waals surface area (Å²) < 4.78 is 8.47. The van der Waals surface area contributed by atoms with Crippen LogP contribution in [-0.2, 0) is 6.54 Å². The lowest BCUT2D eigenvalue weighted by molar-refractivity contribution is 0.0589. The van der Waals surface area contributed by atoms with Gasteiger partial charge in [0.15, 0.2) is 0 Å². The first-order valence-corrected chi connectivity index (χ1v) is 14.7. The first kappa shape index (κ1) is 28.4. The monoisotopic (exact) mass is 595 g/mol. The van der Waals surface area contributed by atoms with Gasteiger partial charge in [-0.1, -0.05) is 48.0 Å². The average Bonchev–Trinajstić information content (AvgIpc) is 3.31. The third kappa shape index (κ3) is 5.84. The maximum atomic E-state index is 14.2. The molecule has 1 fully saturated rings. The minimum absolute atomic E-state index is 0.0323. The highest BCUT2D eigenvalue weighted by Gasteiger charge is 2.33. The van der Waals surface area contributed by atoms with Gasteiger partial charge in [-0.15, -0.1) is 11.3 Å². The Labute approximate surface area is 248 Å². The molecule has 3 aromatic carbocycles. The van der Waals surface area contributed by atoms with E-state index in [0.717, 1.165) is 52.5 Å². The van der Waals surface area contributed by atoms with Crippen molar-refractivity contribution in [3.63, 3.8) is 0 Å². The number of carbonyl (C=O) groups is 2. The number of hydrogen-bond donors (Lipinski definition) is 1. The Morgan fingerprint density at radius 3 is 2.25 bits per heavy atom. The van der Waals surface area contributed by atoms with E-state index in [-0.39, 0.29) is 18.0 Å². The van der Waals surface area contributed by atoms with E-state index in [1.807, 2.05) is 66.5 Å². The van der Waals surface area contributed by atoms with Crippen LogP contribution < -0.4 is 10.5 Å². The number of thiophene rings is 1. The van der Waals surface area contributed by atoms with Crippen LogP contribution in [-0.4, -0.2) is 47.4 Å². The van der Waals surface area contributed by atoms with Gasteiger partial charge in [-0.2, -0.15) is 0 Å². The van der Waals surface area contributed by atoms with Crippen LogP contribution in [0.4, 0.5) is 0 Å². The largest absolute Gasteiger partial charge is 0.496 e. The molecule has 6 nitrogen and oxygen atoms in total. The van der Waals surface area contributed by atoms with Gasteiger partial charge in [0.1, 0.15) is 10.6 Å². The number of halogens is 2. The molecule has 5 rings (SSSR count). The van der Waals surface area contributed by atoms with Crippen LogP contribution in [0.15, 0.2) is 66.7 Å². The quantitative estimate of drug-likeness (QED) is 0.216. The molecule has 1 saturated carbocycles. The molecule has 0 saturated heterocycles. The maximum absolute atomic E-state index is 14.2. The number of nitrogens with two attached hydrogens (primary N) is 1. The fraction of sp³-hybridized carbons (Fsp3) is 0.290. The minimum Gasteiger partial charge on any atom is -0.496 e. The molecule has 208 valence electrons. The Hall–Kier alpha value is -3.10. The zero-order chi connectivity index (χ0) is 28.4. The highest BCUT2D eigenvalue weighted by molar-refractivity contribution is 7.21. The third-order valence-corrected chi connectivity index (χ3v) is 9.66. The summed E-state index contributed by atoms with van der Waals surface area (Å²) in [6.45, 7) is 0.367. The summed E-state index contributed by atoms with van der Waals surface area (Å²) >= 11 is 14.5. The van der Waals surface area contributed by atoms with Crippen LogP contribution in [0, 0.1) is 0 Å². The van der Waals surface area contributed by atoms with Crippen molar-refractivity contribution in [2.45, 2.75) is 44.3 Å². The van der Waals surface area contributed by atoms with Gasteiger partial charge in [0, 0.05) is 46.9 Å². The lowest BCUT2D eigenvalue weighted by atomic mass is 9.89. The Kier molecular flexibility index (Phi) is 8.66. The second-order valence-corrected chi connectivity index (χ2v) is 12.1. The third-order valence-electron chi connectivity index (χ3n) is 7.72. The number of fused-ring (bicyclic) bond motifs is 1. The van der Waals surface area contributed by atoms with E-state index >= 15 is 0 Å². The summed E-state index contributed by atoms with van der Waals surface area (Å²) in [5.41, 5.74) is 8.64. The second-order valence-electron chi connectivity index (χ2n) is 10.1. The van der Waals surface area contributed by atoms with E-state index in [9.17, 15) is 9.59 Å². The molecule has 0 aliphatic heterocycles. The van der Waals surface area contributed by atoms with Crippen LogP contribution in [0.5, 0.6) is 5.75 Å². The van der Waals surface area contributed by atoms with E-state index < -0.39 is 5.91 Å². The van der Waals surface area contributed by atoms with Gasteiger partial charge in [0.25, 0.3) is 5.91 Å². The summed E-state index contributed by atoms with van der Waals surface area (Å²) in [5, 5.41) is 1.39. The van der Waals surface area contributed by atoms with Gasteiger partial charge in [0.2, 0.25) is 5.91 Å². The molecule has 9 heteroatoms. The van der Waals surface area contributed by atoms with Crippen molar-refractivity contribution in [2.24, 2.45) is 5.73 Å². The van der Waals surface area contributed by atoms with Crippen molar-refractivity contribution in [1.82, 2.24) is 9.32 Å². The molecule has 0 bridgehead atoms. The number of primary amides is 1. The molecule has 4 aromatic rings. The molecule has 0 radical (unpaired) electrons. The zero-order valence-electron chi connectivity index (χ0n) is 22.4. The first-order chi connectivity index (χ1) is 19.3. The van der Waals surface area contributed by atoms with Crippen molar-refractivity contribution >= 4 is 56.6 Å². The van der Waals surface area contributed by atoms with Gasteiger partial charge >= 0.3 is 0 Å². The number of carbonyl (C=O) groups excluding carboxylic acids is 2. The van der Waals surface area contributed by atoms with E-state index in [4.69, 9.17) is 33.8 Å². The molecule has 2 amide bonds. The number of ether oxygens (including phenoxy) is 1. The molecule has 0 spiro atoms. The Balaban J connectivity index is 1.51. The molecule has 1 aliphatic rings. The van der Waals surface area contributed by atoms with Crippen LogP contribution in [0.2, 0.25) is 5.02 Å². The summed E-state index contributed by atoms with van der Waals surface area (Å²) in [5.74, 6) is 0.158. The van der Waals surface area contributed by atoms with E-state index in [2.05, 4.69) is 0 Å². The highest BCUT2D eigenvalue weighted by Crippen LogP contribution is 2.38. The van der Waals surface area contributed by atoms with E-state index in [0.29, 0.717) is 27.8 Å². The Morgan fingerprint density at radius 2 is 1.62 bits per heavy atom. The lowest BCUT2D eigenvalue weighted by Crippen LogP contribution is -2.44. The molecule has 0 unspecified atom stereocenters. The van der Waals surface area contributed by atoms with Crippen molar-refractivity contribution < 1.29 is 14.3 Å². The summed E-state index contributed by atoms with van der Waals surface area (Å²) in [7, 11) is 3.52. The van der Waals surface area contributed by atoms with Crippen LogP contribution in [0.25, 0.3) is 21.2 Å². The summed E-state index contributed by atoms with van der Waals surface area (Å²) in [4.78, 5) is 28.3. The molecule has 1 heterocycles. The molecular weight excluding hydrogens is 565 g/mol. The molecule has 40 heavy (non-hydrogen) atoms. The smallest absolute Gasteiger partial charge is 0.266 e. The topological polar surface area (TPSA) is 75.9 Å². The van der Waals surface area contributed by atoms with Crippen LogP contribution >= 0.6 is 34.7 Å². The van der Waals surface area contributed by atoms with Crippen molar-refractivity contribution in [1.29, 1.82) is 0 Å². The number of amides is 2. The maximum Gasteiger partial charge on any atom is 0.266 e. The fourth-order valence-electron chi connectivity index (χ4n) is 5.47. The molecular formula is C31H31Cl2N3O3S. The minimum atomic E-state index is -0.467. The number of methoxy groups -OCH3 is 1. The summed E-state index contributed by atoms with van der Waals surface area (Å²) in [6, 6.07) is 21.3. The zero-order valence-corrected chi connectivity index (χ0v) is 24.7. The van der Waals surface area contributed by atoms with E-state index in [1.54, 1.807) is 23.7 Å². The lowest BCUT2D eigenvalue weighted by Gasteiger charge is -2.38. The second kappa shape index (κ2) is 12.2. The van der Waals surface area contributed by atoms with Gasteiger partial charge < -0.3 is 15.4 Å². The SMILES string of the molecule is COc1ccc(-c2ccc(C(N)=O)cc2)cc1CN(C(=O)c1sc2ccccc2c1Cl)C1CCC(N(C)Cl)CC1. The van der Waals surface area contributed by atoms with Crippen molar-refractivity contribution in [3.8, 4) is 16.9 Å². The standard InChI is InChI=1S/C31H31Cl2N3O3S/c1-35(33)23-12-14-24(15-13-23)36(31(38)29-28(32)25-5-3-4-6-27(25)40-29)18-22-17-21(11-16-26(22)39-2)19-7-9-20(10-8-19)30(34)37/h3-11,16-17,23-24H,12-15,18H2,1-2H3,(H2,34,37). The van der Waals surface area contributed by atoms with Crippen LogP contribution in [0.1, 0.15) is 51.3 Å². The van der Waals surface area contributed by atoms with Gasteiger partial charge in [0.05, 0.1) is 12.1 Å². The Morgan fingerprint density at radius 1 is 0.975 bits per heavy atom. The average molecular weight is 597 g/mol. The molecule has 1 aromatic heterocycles. The number of hydrogen-bond acceptors (Lipinski definition) is 5. The molecule has 2 N–H and O–H groups in total. The van der Waals surface area contributed by atoms with Crippen LogP contribution in [0.3, 0.4) is 0 Å². The fourth-order valence-corrected chi connectivity index (χ4v) is 7.13. The van der Waals surface area contributed by atoms with Gasteiger partial charge in [-0.3, -0.25) is 9.59 Å². The Bertz CT molecular complexity index is 1530. The first-order valence-electron chi connectivity index (χ1n) is 13.2. The predicted octanol–water partition coefficient (Wildman–Crippen LogP) is 7.37. The number of nitrogens with zero attached hydrogens (tertiary/aromatic N) is 2. The summed E-state index contributed by atoms with van der Waals surface area (Å²) in [6.07, 6.45) is 3.48. The molecule has 0 atom stereocenters. The molecule has 1 aliphatic carbocycles.